The molecule has 1 unspecified atom stereocenters. The molecule has 1 atom stereocenters. The zero-order chi connectivity index (χ0) is 23.2. The molecule has 1 fully saturated rings. The van der Waals surface area contributed by atoms with E-state index in [1.807, 2.05) is 6.92 Å². The highest BCUT2D eigenvalue weighted by Crippen LogP contribution is 2.39. The number of sulfonamides is 1. The van der Waals surface area contributed by atoms with Gasteiger partial charge in [-0.25, -0.2) is 12.8 Å². The summed E-state index contributed by atoms with van der Waals surface area (Å²) in [6.07, 6.45) is 2.38. The molecule has 32 heavy (non-hydrogen) atoms. The van der Waals surface area contributed by atoms with Gasteiger partial charge >= 0.3 is 0 Å². The van der Waals surface area contributed by atoms with Crippen molar-refractivity contribution >= 4 is 44.8 Å². The molecular weight excluding hydrogens is 457 g/mol. The number of hydrogen-bond acceptors (Lipinski definition) is 4. The zero-order valence-electron chi connectivity index (χ0n) is 17.6. The Hall–Kier alpha value is -2.49. The van der Waals surface area contributed by atoms with Crippen LogP contribution in [0.25, 0.3) is 0 Å². The predicted octanol–water partition coefficient (Wildman–Crippen LogP) is 3.43. The first-order valence-corrected chi connectivity index (χ1v) is 12.1. The highest BCUT2D eigenvalue weighted by atomic mass is 35.5. The van der Waals surface area contributed by atoms with E-state index in [0.29, 0.717) is 6.42 Å². The van der Waals surface area contributed by atoms with Crippen molar-refractivity contribution < 1.29 is 22.4 Å². The number of rotatable bonds is 6. The number of amides is 2. The van der Waals surface area contributed by atoms with Gasteiger partial charge in [-0.2, -0.15) is 4.31 Å². The summed E-state index contributed by atoms with van der Waals surface area (Å²) < 4.78 is 40.3. The topological polar surface area (TPSA) is 86.8 Å². The van der Waals surface area contributed by atoms with Crippen molar-refractivity contribution in [2.75, 3.05) is 23.8 Å². The third kappa shape index (κ3) is 4.37. The van der Waals surface area contributed by atoms with Crippen molar-refractivity contribution in [2.24, 2.45) is 5.92 Å². The van der Waals surface area contributed by atoms with Gasteiger partial charge in [0.2, 0.25) is 21.8 Å². The average Bonchev–Trinajstić information content (AvgIpc) is 3.52. The zero-order valence-corrected chi connectivity index (χ0v) is 19.2. The standard InChI is InChI=1S/C22H23ClFN3O4S/c1-13-9-15-10-17(6-8-20(15)27(13)22(29)14-3-4-14)32(30,31)26(2)12-21(28)25-16-5-7-19(24)18(23)11-16/h5-8,10-11,13-14H,3-4,9,12H2,1-2H3,(H,25,28). The number of likely N-dealkylation sites (N-methyl/N-ethyl adjacent to an activating group) is 1. The first-order valence-electron chi connectivity index (χ1n) is 10.2. The fourth-order valence-corrected chi connectivity index (χ4v) is 5.23. The molecule has 0 aromatic heterocycles. The van der Waals surface area contributed by atoms with Crippen LogP contribution in [-0.4, -0.2) is 44.2 Å². The molecule has 1 aliphatic carbocycles. The molecule has 0 saturated heterocycles. The van der Waals surface area contributed by atoms with Gasteiger partial charge in [-0.15, -0.1) is 0 Å². The summed E-state index contributed by atoms with van der Waals surface area (Å²) in [5.74, 6) is -1.03. The lowest BCUT2D eigenvalue weighted by atomic mass is 10.1. The van der Waals surface area contributed by atoms with Crippen LogP contribution in [-0.2, 0) is 26.0 Å². The van der Waals surface area contributed by atoms with Crippen LogP contribution < -0.4 is 10.2 Å². The summed E-state index contributed by atoms with van der Waals surface area (Å²) >= 11 is 5.71. The third-order valence-corrected chi connectivity index (χ3v) is 7.80. The number of nitrogens with one attached hydrogen (secondary N) is 1. The van der Waals surface area contributed by atoms with Gasteiger partial charge in [-0.05, 0) is 68.1 Å². The molecule has 2 amide bonds. The Morgan fingerprint density at radius 2 is 1.94 bits per heavy atom. The molecule has 2 aromatic carbocycles. The van der Waals surface area contributed by atoms with Crippen LogP contribution in [0, 0.1) is 11.7 Å². The summed E-state index contributed by atoms with van der Waals surface area (Å²) in [7, 11) is -2.63. The predicted molar refractivity (Wildman–Crippen MR) is 120 cm³/mol. The second-order valence-electron chi connectivity index (χ2n) is 8.26. The van der Waals surface area contributed by atoms with Crippen LogP contribution in [0.2, 0.25) is 5.02 Å². The Morgan fingerprint density at radius 3 is 2.59 bits per heavy atom. The summed E-state index contributed by atoms with van der Waals surface area (Å²) in [5.41, 5.74) is 1.81. The van der Waals surface area contributed by atoms with Crippen LogP contribution in [0.15, 0.2) is 41.3 Å². The van der Waals surface area contributed by atoms with E-state index in [0.717, 1.165) is 34.5 Å². The number of carbonyl (C=O) groups excluding carboxylic acids is 2. The van der Waals surface area contributed by atoms with E-state index < -0.39 is 28.3 Å². The van der Waals surface area contributed by atoms with Crippen LogP contribution in [0.5, 0.6) is 0 Å². The van der Waals surface area contributed by atoms with Gasteiger partial charge in [0.25, 0.3) is 0 Å². The summed E-state index contributed by atoms with van der Waals surface area (Å²) in [5, 5.41) is 2.36. The van der Waals surface area contributed by atoms with E-state index in [2.05, 4.69) is 5.32 Å². The molecule has 2 aromatic rings. The number of anilines is 2. The first kappa shape index (κ1) is 22.7. The van der Waals surface area contributed by atoms with Gasteiger partial charge in [0.1, 0.15) is 5.82 Å². The average molecular weight is 480 g/mol. The third-order valence-electron chi connectivity index (χ3n) is 5.71. The highest BCUT2D eigenvalue weighted by Gasteiger charge is 2.40. The van der Waals surface area contributed by atoms with E-state index >= 15 is 0 Å². The van der Waals surface area contributed by atoms with Gasteiger partial charge in [0.15, 0.2) is 0 Å². The molecule has 1 N–H and O–H groups in total. The molecule has 2 aliphatic rings. The number of fused-ring (bicyclic) bond motifs is 1. The van der Waals surface area contributed by atoms with E-state index in [9.17, 15) is 22.4 Å². The van der Waals surface area contributed by atoms with Crippen LogP contribution in [0.1, 0.15) is 25.3 Å². The summed E-state index contributed by atoms with van der Waals surface area (Å²) in [4.78, 5) is 26.8. The van der Waals surface area contributed by atoms with Gasteiger partial charge in [-0.3, -0.25) is 9.59 Å². The minimum Gasteiger partial charge on any atom is -0.325 e. The molecule has 1 saturated carbocycles. The van der Waals surface area contributed by atoms with Crippen molar-refractivity contribution in [3.63, 3.8) is 0 Å². The highest BCUT2D eigenvalue weighted by molar-refractivity contribution is 7.89. The summed E-state index contributed by atoms with van der Waals surface area (Å²) in [6.45, 7) is 1.52. The fourth-order valence-electron chi connectivity index (χ4n) is 3.87. The lowest BCUT2D eigenvalue weighted by Gasteiger charge is -2.23. The van der Waals surface area contributed by atoms with Crippen molar-refractivity contribution in [1.82, 2.24) is 4.31 Å². The number of hydrogen-bond donors (Lipinski definition) is 1. The Morgan fingerprint density at radius 1 is 1.22 bits per heavy atom. The van der Waals surface area contributed by atoms with Gasteiger partial charge in [0.05, 0.1) is 16.5 Å². The maximum atomic E-state index is 13.3. The smallest absolute Gasteiger partial charge is 0.243 e. The molecule has 0 bridgehead atoms. The lowest BCUT2D eigenvalue weighted by molar-refractivity contribution is -0.120. The molecule has 7 nitrogen and oxygen atoms in total. The van der Waals surface area contributed by atoms with Gasteiger partial charge in [-0.1, -0.05) is 11.6 Å². The van der Waals surface area contributed by atoms with E-state index in [4.69, 9.17) is 11.6 Å². The van der Waals surface area contributed by atoms with Crippen molar-refractivity contribution in [3.05, 3.63) is 52.8 Å². The minimum atomic E-state index is -3.94. The Kier molecular flexibility index (Phi) is 6.00. The largest absolute Gasteiger partial charge is 0.325 e. The number of benzene rings is 2. The molecule has 1 aliphatic heterocycles. The van der Waals surface area contributed by atoms with Gasteiger partial charge in [0, 0.05) is 30.4 Å². The second kappa shape index (κ2) is 8.46. The number of nitrogens with zero attached hydrogens (tertiary/aromatic N) is 2. The molecule has 10 heteroatoms. The summed E-state index contributed by atoms with van der Waals surface area (Å²) in [6, 6.07) is 8.39. The Bertz CT molecular complexity index is 1200. The molecule has 4 rings (SSSR count). The van der Waals surface area contributed by atoms with Gasteiger partial charge < -0.3 is 10.2 Å². The molecular formula is C22H23ClFN3O4S. The van der Waals surface area contributed by atoms with E-state index in [-0.39, 0.29) is 33.5 Å². The molecule has 170 valence electrons. The maximum absolute atomic E-state index is 13.3. The quantitative estimate of drug-likeness (QED) is 0.687. The Balaban J connectivity index is 1.48. The Labute approximate surface area is 191 Å². The monoisotopic (exact) mass is 479 g/mol. The van der Waals surface area contributed by atoms with Crippen molar-refractivity contribution in [2.45, 2.75) is 37.1 Å². The molecule has 0 radical (unpaired) electrons. The first-order chi connectivity index (χ1) is 15.1. The van der Waals surface area contributed by atoms with Crippen LogP contribution >= 0.6 is 11.6 Å². The fraction of sp³-hybridized carbons (Fsp3) is 0.364. The van der Waals surface area contributed by atoms with E-state index in [1.165, 1.54) is 25.2 Å². The van der Waals surface area contributed by atoms with Crippen molar-refractivity contribution in [3.8, 4) is 0 Å². The van der Waals surface area contributed by atoms with Crippen molar-refractivity contribution in [1.29, 1.82) is 0 Å². The molecule has 0 spiro atoms. The minimum absolute atomic E-state index is 0.0258. The maximum Gasteiger partial charge on any atom is 0.243 e. The lowest BCUT2D eigenvalue weighted by Crippen LogP contribution is -2.36. The SMILES string of the molecule is CC1Cc2cc(S(=O)(=O)N(C)CC(=O)Nc3ccc(F)c(Cl)c3)ccc2N1C(=O)C1CC1. The molecule has 1 heterocycles. The number of carbonyl (C=O) groups is 2. The van der Waals surface area contributed by atoms with Crippen LogP contribution in [0.3, 0.4) is 0 Å². The van der Waals surface area contributed by atoms with E-state index in [1.54, 1.807) is 17.0 Å². The normalized spacial score (nSPS) is 18.0. The van der Waals surface area contributed by atoms with Crippen LogP contribution in [0.4, 0.5) is 15.8 Å². The second-order valence-corrected chi connectivity index (χ2v) is 10.7. The number of halogens is 2.